The van der Waals surface area contributed by atoms with Gasteiger partial charge in [0.05, 0.1) is 6.54 Å². The number of rotatable bonds is 10. The summed E-state index contributed by atoms with van der Waals surface area (Å²) in [6.45, 7) is 33.6. The highest BCUT2D eigenvalue weighted by molar-refractivity contribution is 9.11. The molecule has 12 rings (SSSR count). The van der Waals surface area contributed by atoms with Crippen LogP contribution in [0.1, 0.15) is 215 Å². The molecule has 0 unspecified atom stereocenters. The molecule has 4 aliphatic rings. The molecule has 8 aromatic carbocycles. The Morgan fingerprint density at radius 2 is 0.807 bits per heavy atom. The molecule has 0 saturated carbocycles. The molecule has 0 spiro atoms. The number of nitrogens with one attached hydrogen (secondary N) is 1. The van der Waals surface area contributed by atoms with Crippen LogP contribution in [-0.4, -0.2) is 44.3 Å². The van der Waals surface area contributed by atoms with E-state index in [1.807, 2.05) is 63.8 Å². The Balaban J connectivity index is 0.000000288. The fraction of sp³-hybridized carbons (Fsp3) is 0.429. The van der Waals surface area contributed by atoms with Crippen LogP contribution in [0.3, 0.4) is 0 Å². The summed E-state index contributed by atoms with van der Waals surface area (Å²) in [6.07, 6.45) is 13.7. The first kappa shape index (κ1) is 95.2. The van der Waals surface area contributed by atoms with Gasteiger partial charge in [0.15, 0.2) is 0 Å². The van der Waals surface area contributed by atoms with E-state index < -0.39 is 0 Å². The number of hydrogen-bond acceptors (Lipinski definition) is 9. The normalized spacial score (nSPS) is 13.7. The number of Topliss-reactive ketones (excluding diaryl/α,β-unsaturated/α-hetero) is 1. The maximum absolute atomic E-state index is 12.6. The number of carbonyl (C=O) groups excluding carboxylic acids is 4. The Labute approximate surface area is 703 Å². The van der Waals surface area contributed by atoms with E-state index in [2.05, 4.69) is 254 Å². The van der Waals surface area contributed by atoms with Crippen LogP contribution in [-0.2, 0) is 76.2 Å². The summed E-state index contributed by atoms with van der Waals surface area (Å²) < 4.78 is 4.42. The lowest BCUT2D eigenvalue weighted by molar-refractivity contribution is -0.119. The van der Waals surface area contributed by atoms with E-state index in [9.17, 15) is 19.2 Å². The van der Waals surface area contributed by atoms with Crippen molar-refractivity contribution in [3.8, 4) is 0 Å². The number of hydrogen-bond donors (Lipinski definition) is 4. The van der Waals surface area contributed by atoms with Gasteiger partial charge in [0, 0.05) is 130 Å². The Hall–Kier alpha value is -6.21. The zero-order valence-corrected chi connectivity index (χ0v) is 74.1. The number of amides is 2. The molecule has 0 atom stereocenters. The van der Waals surface area contributed by atoms with Gasteiger partial charge in [-0.15, -0.1) is 0 Å². The number of fused-ring (bicyclic) bond motifs is 4. The largest absolute Gasteiger partial charge is 0.398 e. The first-order chi connectivity index (χ1) is 50.0. The van der Waals surface area contributed by atoms with E-state index in [1.54, 1.807) is 0 Å². The van der Waals surface area contributed by atoms with Crippen LogP contribution in [0.25, 0.3) is 0 Å². The number of alkyl halides is 1. The van der Waals surface area contributed by atoms with Gasteiger partial charge in [-0.3, -0.25) is 19.2 Å². The molecule has 0 fully saturated rings. The number of aryl methyl sites for hydroxylation is 4. The van der Waals surface area contributed by atoms with Gasteiger partial charge >= 0.3 is 0 Å². The van der Waals surface area contributed by atoms with Crippen molar-refractivity contribution in [3.05, 3.63) is 234 Å². The maximum atomic E-state index is 12.6. The molecule has 1 aliphatic carbocycles. The molecule has 109 heavy (non-hydrogen) atoms. The highest BCUT2D eigenvalue weighted by atomic mass is 79.9. The molecule has 7 N–H and O–H groups in total. The quantitative estimate of drug-likeness (QED) is 0.0342. The molecule has 2 amide bonds. The van der Waals surface area contributed by atoms with Crippen molar-refractivity contribution < 1.29 is 19.2 Å². The molecule has 0 saturated heterocycles. The molecule has 11 nitrogen and oxygen atoms in total. The second kappa shape index (κ2) is 44.3. The van der Waals surface area contributed by atoms with Gasteiger partial charge in [0.1, 0.15) is 5.78 Å². The Morgan fingerprint density at radius 3 is 1.23 bits per heavy atom. The molecular formula is C91H119BBr5ClN7O4. The van der Waals surface area contributed by atoms with Crippen molar-refractivity contribution >= 4 is 162 Å². The fourth-order valence-electron chi connectivity index (χ4n) is 14.1. The van der Waals surface area contributed by atoms with Gasteiger partial charge in [-0.25, -0.2) is 0 Å². The number of carbonyl (C=O) groups is 4. The molecule has 587 valence electrons. The summed E-state index contributed by atoms with van der Waals surface area (Å²) in [6, 6.07) is 42.3. The predicted molar refractivity (Wildman–Crippen MR) is 487 cm³/mol. The van der Waals surface area contributed by atoms with Crippen LogP contribution >= 0.6 is 91.3 Å². The van der Waals surface area contributed by atoms with E-state index in [0.29, 0.717) is 44.4 Å². The lowest BCUT2D eigenvalue weighted by atomic mass is 9.91. The summed E-state index contributed by atoms with van der Waals surface area (Å²) in [5.74, 6) is 0.650. The van der Waals surface area contributed by atoms with Crippen LogP contribution in [0, 0.1) is 66.2 Å². The predicted octanol–water partition coefficient (Wildman–Crippen LogP) is 25.0. The molecule has 3 radical (unpaired) electrons. The van der Waals surface area contributed by atoms with Gasteiger partial charge in [-0.05, 0) is 303 Å². The van der Waals surface area contributed by atoms with E-state index in [1.165, 1.54) is 104 Å². The number of nitrogens with zero attached hydrogens (tertiary/aromatic N) is 3. The van der Waals surface area contributed by atoms with Crippen LogP contribution in [0.2, 0.25) is 0 Å². The number of halogens is 6. The minimum atomic E-state index is -0.252. The maximum Gasteiger partial charge on any atom is 0.227 e. The fourth-order valence-corrected chi connectivity index (χ4v) is 15.9. The lowest BCUT2D eigenvalue weighted by Crippen LogP contribution is -2.30. The second-order valence-electron chi connectivity index (χ2n) is 31.2. The number of anilines is 7. The number of nitrogens with two attached hydrogens (primary N) is 3. The molecule has 3 heterocycles. The number of ketones is 1. The van der Waals surface area contributed by atoms with Crippen molar-refractivity contribution in [3.63, 3.8) is 0 Å². The lowest BCUT2D eigenvalue weighted by Gasteiger charge is -2.28. The van der Waals surface area contributed by atoms with E-state index in [0.717, 1.165) is 144 Å². The van der Waals surface area contributed by atoms with E-state index in [4.69, 9.17) is 28.8 Å². The molecule has 8 aromatic rings. The van der Waals surface area contributed by atoms with Crippen molar-refractivity contribution in [2.45, 2.75) is 233 Å². The minimum Gasteiger partial charge on any atom is -0.398 e. The summed E-state index contributed by atoms with van der Waals surface area (Å²) in [4.78, 5) is 53.9. The molecule has 18 heteroatoms. The van der Waals surface area contributed by atoms with Gasteiger partial charge in [0.2, 0.25) is 17.1 Å². The zero-order valence-electron chi connectivity index (χ0n) is 65.4. The summed E-state index contributed by atoms with van der Waals surface area (Å²) in [7, 11) is 0. The highest BCUT2D eigenvalue weighted by Crippen LogP contribution is 2.40. The Bertz CT molecular complexity index is 4350. The first-order valence-corrected chi connectivity index (χ1v) is 41.8. The third kappa shape index (κ3) is 28.7. The van der Waals surface area contributed by atoms with Crippen LogP contribution in [0.4, 0.5) is 39.8 Å². The summed E-state index contributed by atoms with van der Waals surface area (Å²) >= 11 is 22.3. The van der Waals surface area contributed by atoms with Gasteiger partial charge in [-0.1, -0.05) is 191 Å². The number of nitrogen functional groups attached to an aromatic ring is 3. The molecule has 0 bridgehead atoms. The average Bonchev–Trinajstić information content (AvgIpc) is 1.79. The van der Waals surface area contributed by atoms with Gasteiger partial charge in [0.25, 0.3) is 0 Å². The highest BCUT2D eigenvalue weighted by Gasteiger charge is 2.28. The smallest absolute Gasteiger partial charge is 0.227 e. The van der Waals surface area contributed by atoms with Crippen LogP contribution < -0.4 is 37.2 Å². The molecule has 3 aliphatic heterocycles. The molecule has 0 aromatic heterocycles. The standard InChI is InChI=1S/C25H33BrN2O.C19H21BrN2O.C19H23BrN2.C13H17NO.C7H6Br2.C6H11ClO.2CH4.B/c1-17-14-22-21(18(2)24(17)27-23(29)15-25(3,4)5)8-6-7-13-28(22)16-19-9-11-20(26)12-10-19;1-12-10-17-16(13(2)19(12)21)4-3-5-18(23)22(17)11-14-6-8-15(20)9-7-14;1-13-11-18-17(14(2)19(13)21)5-3-4-10-22(18)12-15-6-8-16(20)9-7-15;1-8-6-10-7-11(15)4-3-5-12(10)9(2)13(8)14;8-5-6-1-3-7(9)4-2-6;1-6(2,3)4-5(7)8;;;/h9-12,14H,6-8,13,15-16H2,1-5H3,(H,27,29);6-10H,3-5,11,21H2,1-2H3;6-9,11H,3-5,10,12,21H2,1-2H3;6H,3-5,7,14H2,1-2H3;1-4H,5H2;4H2,1-3H3;2*1H4;. The Morgan fingerprint density at radius 1 is 0.450 bits per heavy atom. The van der Waals surface area contributed by atoms with Crippen molar-refractivity contribution in [2.24, 2.45) is 10.8 Å². The van der Waals surface area contributed by atoms with Crippen LogP contribution in [0.5, 0.6) is 0 Å². The first-order valence-electron chi connectivity index (χ1n) is 37.1. The van der Waals surface area contributed by atoms with Crippen LogP contribution in [0.15, 0.2) is 139 Å². The third-order valence-electron chi connectivity index (χ3n) is 19.9. The van der Waals surface area contributed by atoms with Crippen molar-refractivity contribution in [1.29, 1.82) is 0 Å². The third-order valence-corrected chi connectivity index (χ3v) is 22.8. The van der Waals surface area contributed by atoms with E-state index in [-0.39, 0.29) is 51.2 Å². The molecular weight excluding hydrogens is 1700 g/mol. The SMILES string of the molecule is BrCc1ccc(Br)cc1.C.C.CC(C)(C)CC(=O)Cl.Cc1cc2c(c(C)c1N)CCCC(=O)C2.Cc1cc2c(c(C)c1N)CCCC(=O)N2Cc1ccc(Br)cc1.Cc1cc2c(c(C)c1N)CCCCN2Cc1ccc(Br)cc1.Cc1cc2c(c(C)c1NC(=O)CC(C)(C)C)CCCCN2Cc1ccc(Br)cc1.[B]. The zero-order chi connectivity index (χ0) is 77.9. The second-order valence-corrected chi connectivity index (χ2v) is 35.8. The number of benzene rings is 8. The summed E-state index contributed by atoms with van der Waals surface area (Å²) in [5.41, 5.74) is 46.8. The Kier molecular flexibility index (Phi) is 38.7. The van der Waals surface area contributed by atoms with Gasteiger partial charge < -0.3 is 37.2 Å². The van der Waals surface area contributed by atoms with E-state index >= 15 is 0 Å². The monoisotopic (exact) mass is 1810 g/mol. The minimum absolute atomic E-state index is 0. The topological polar surface area (TPSA) is 168 Å². The van der Waals surface area contributed by atoms with Gasteiger partial charge in [-0.2, -0.15) is 0 Å². The average molecular weight is 1820 g/mol. The summed E-state index contributed by atoms with van der Waals surface area (Å²) in [5, 5.41) is 3.89. The van der Waals surface area contributed by atoms with Crippen molar-refractivity contribution in [1.82, 2.24) is 0 Å². The van der Waals surface area contributed by atoms with Crippen molar-refractivity contribution in [2.75, 3.05) is 50.3 Å².